The van der Waals surface area contributed by atoms with Crippen molar-refractivity contribution in [2.24, 2.45) is 0 Å². The minimum atomic E-state index is -1.30. The monoisotopic (exact) mass is 302 g/mol. The summed E-state index contributed by atoms with van der Waals surface area (Å²) < 4.78 is 9.81. The first-order valence-electron chi connectivity index (χ1n) is 6.90. The second-order valence-electron chi connectivity index (χ2n) is 4.85. The molecule has 21 heavy (non-hydrogen) atoms. The van der Waals surface area contributed by atoms with Gasteiger partial charge in [-0.15, -0.1) is 0 Å². The van der Waals surface area contributed by atoms with Crippen LogP contribution < -0.4 is 5.32 Å². The molecule has 1 atom stereocenters. The molecule has 0 saturated carbocycles. The van der Waals surface area contributed by atoms with E-state index in [4.69, 9.17) is 4.74 Å². The summed E-state index contributed by atoms with van der Waals surface area (Å²) in [6.07, 6.45) is -0.290. The zero-order chi connectivity index (χ0) is 16.0. The van der Waals surface area contributed by atoms with E-state index in [-0.39, 0.29) is 26.0 Å². The van der Waals surface area contributed by atoms with Crippen molar-refractivity contribution in [3.05, 3.63) is 0 Å². The predicted molar refractivity (Wildman–Crippen MR) is 72.8 cm³/mol. The molecule has 1 rings (SSSR count). The molecule has 0 radical (unpaired) electrons. The normalized spacial score (nSPS) is 19.0. The molecule has 120 valence electrons. The van der Waals surface area contributed by atoms with Gasteiger partial charge in [-0.05, 0) is 12.8 Å². The number of amides is 2. The quantitative estimate of drug-likeness (QED) is 0.704. The fourth-order valence-electron chi connectivity index (χ4n) is 2.17. The van der Waals surface area contributed by atoms with Gasteiger partial charge in [0.15, 0.2) is 6.10 Å². The van der Waals surface area contributed by atoms with Crippen LogP contribution in [0.15, 0.2) is 0 Å². The van der Waals surface area contributed by atoms with Crippen LogP contribution in [-0.4, -0.2) is 66.4 Å². The van der Waals surface area contributed by atoms with Gasteiger partial charge in [-0.2, -0.15) is 0 Å². The maximum Gasteiger partial charge on any atom is 0.336 e. The number of methoxy groups -OCH3 is 1. The smallest absolute Gasteiger partial charge is 0.336 e. The number of hydrogen-bond acceptors (Lipinski definition) is 5. The van der Waals surface area contributed by atoms with Gasteiger partial charge >= 0.3 is 18.0 Å². The molecule has 0 aromatic heterocycles. The summed E-state index contributed by atoms with van der Waals surface area (Å²) in [7, 11) is 1.24. The number of aliphatic carboxylic acids is 1. The molecular weight excluding hydrogens is 280 g/mol. The summed E-state index contributed by atoms with van der Waals surface area (Å²) in [5.74, 6) is -1.62. The van der Waals surface area contributed by atoms with Gasteiger partial charge in [0.2, 0.25) is 0 Å². The van der Waals surface area contributed by atoms with Crippen molar-refractivity contribution in [3.63, 3.8) is 0 Å². The lowest BCUT2D eigenvalue weighted by atomic mass is 9.93. The molecular formula is C13H22N2O6. The number of nitrogens with zero attached hydrogens (tertiary/aromatic N) is 1. The molecule has 0 aromatic rings. The minimum absolute atomic E-state index is 0.0433. The number of carboxylic acid groups (broad SMARTS) is 1. The molecule has 2 N–H and O–H groups in total. The van der Waals surface area contributed by atoms with E-state index < -0.39 is 29.6 Å². The van der Waals surface area contributed by atoms with E-state index in [0.29, 0.717) is 6.54 Å². The lowest BCUT2D eigenvalue weighted by Crippen LogP contribution is -2.60. The zero-order valence-electron chi connectivity index (χ0n) is 12.5. The summed E-state index contributed by atoms with van der Waals surface area (Å²) >= 11 is 0. The fraction of sp³-hybridized carbons (Fsp3) is 0.769. The lowest BCUT2D eigenvalue weighted by Gasteiger charge is -2.35. The van der Waals surface area contributed by atoms with Gasteiger partial charge in [0, 0.05) is 6.54 Å². The number of carbonyl (C=O) groups excluding carboxylic acids is 2. The standard InChI is InChI=1S/C13H22N2O6/c1-4-13(5-2,11(17)18)14-12(19)15-6-7-21-9(8-15)10(16)20-3/h9H,4-8H2,1-3H3,(H,14,19)(H,17,18). The van der Waals surface area contributed by atoms with Gasteiger partial charge in [0.1, 0.15) is 5.54 Å². The molecule has 0 aliphatic carbocycles. The number of hydrogen-bond donors (Lipinski definition) is 2. The van der Waals surface area contributed by atoms with Gasteiger partial charge in [0.25, 0.3) is 0 Å². The van der Waals surface area contributed by atoms with Gasteiger partial charge in [-0.3, -0.25) is 0 Å². The Morgan fingerprint density at radius 1 is 1.38 bits per heavy atom. The van der Waals surface area contributed by atoms with Crippen molar-refractivity contribution in [2.75, 3.05) is 26.8 Å². The van der Waals surface area contributed by atoms with E-state index in [0.717, 1.165) is 0 Å². The summed E-state index contributed by atoms with van der Waals surface area (Å²) in [6, 6.07) is -0.515. The van der Waals surface area contributed by atoms with Gasteiger partial charge < -0.3 is 24.8 Å². The number of carbonyl (C=O) groups is 3. The van der Waals surface area contributed by atoms with Crippen LogP contribution in [0.4, 0.5) is 4.79 Å². The average molecular weight is 302 g/mol. The largest absolute Gasteiger partial charge is 0.480 e. The van der Waals surface area contributed by atoms with E-state index in [1.165, 1.54) is 12.0 Å². The third kappa shape index (κ3) is 3.84. The number of esters is 1. The SMILES string of the molecule is CCC(CC)(NC(=O)N1CCOC(C(=O)OC)C1)C(=O)O. The highest BCUT2D eigenvalue weighted by Gasteiger charge is 2.39. The average Bonchev–Trinajstić information content (AvgIpc) is 2.51. The van der Waals surface area contributed by atoms with E-state index in [9.17, 15) is 19.5 Å². The number of urea groups is 1. The van der Waals surface area contributed by atoms with E-state index >= 15 is 0 Å². The van der Waals surface area contributed by atoms with Crippen molar-refractivity contribution >= 4 is 18.0 Å². The van der Waals surface area contributed by atoms with Crippen LogP contribution in [0.5, 0.6) is 0 Å². The maximum atomic E-state index is 12.2. The maximum absolute atomic E-state index is 12.2. The molecule has 1 fully saturated rings. The van der Waals surface area contributed by atoms with Crippen molar-refractivity contribution in [2.45, 2.75) is 38.3 Å². The van der Waals surface area contributed by atoms with Crippen molar-refractivity contribution < 1.29 is 29.0 Å². The third-order valence-corrected chi connectivity index (χ3v) is 3.78. The summed E-state index contributed by atoms with van der Waals surface area (Å²) in [4.78, 5) is 36.4. The third-order valence-electron chi connectivity index (χ3n) is 3.78. The Hall–Kier alpha value is -1.83. The highest BCUT2D eigenvalue weighted by atomic mass is 16.6. The van der Waals surface area contributed by atoms with Gasteiger partial charge in [-0.1, -0.05) is 13.8 Å². The minimum Gasteiger partial charge on any atom is -0.480 e. The number of nitrogens with one attached hydrogen (secondary N) is 1. The second-order valence-corrected chi connectivity index (χ2v) is 4.85. The molecule has 0 aromatic carbocycles. The number of carboxylic acids is 1. The molecule has 1 unspecified atom stereocenters. The summed E-state index contributed by atoms with van der Waals surface area (Å²) in [5, 5.41) is 11.9. The molecule has 8 heteroatoms. The Morgan fingerprint density at radius 2 is 2.00 bits per heavy atom. The molecule has 0 spiro atoms. The first kappa shape index (κ1) is 17.2. The van der Waals surface area contributed by atoms with Crippen molar-refractivity contribution in [3.8, 4) is 0 Å². The molecule has 1 aliphatic heterocycles. The molecule has 0 bridgehead atoms. The Bertz CT molecular complexity index is 407. The molecule has 1 saturated heterocycles. The fourth-order valence-corrected chi connectivity index (χ4v) is 2.17. The van der Waals surface area contributed by atoms with Crippen LogP contribution >= 0.6 is 0 Å². The Morgan fingerprint density at radius 3 is 2.48 bits per heavy atom. The van der Waals surface area contributed by atoms with Crippen LogP contribution in [0.25, 0.3) is 0 Å². The zero-order valence-corrected chi connectivity index (χ0v) is 12.5. The Kier molecular flexibility index (Phi) is 5.95. The highest BCUT2D eigenvalue weighted by Crippen LogP contribution is 2.17. The van der Waals surface area contributed by atoms with E-state index in [1.807, 2.05) is 0 Å². The van der Waals surface area contributed by atoms with Crippen LogP contribution in [0.1, 0.15) is 26.7 Å². The highest BCUT2D eigenvalue weighted by molar-refractivity contribution is 5.86. The number of morpholine rings is 1. The predicted octanol–water partition coefficient (Wildman–Crippen LogP) is 0.213. The molecule has 2 amide bonds. The number of ether oxygens (including phenoxy) is 2. The van der Waals surface area contributed by atoms with Crippen LogP contribution in [-0.2, 0) is 19.1 Å². The van der Waals surface area contributed by atoms with Crippen LogP contribution in [0, 0.1) is 0 Å². The van der Waals surface area contributed by atoms with Gasteiger partial charge in [-0.25, -0.2) is 14.4 Å². The first-order valence-corrected chi connectivity index (χ1v) is 6.90. The van der Waals surface area contributed by atoms with E-state index in [1.54, 1.807) is 13.8 Å². The topological polar surface area (TPSA) is 105 Å². The van der Waals surface area contributed by atoms with Crippen molar-refractivity contribution in [1.82, 2.24) is 10.2 Å². The molecule has 1 heterocycles. The Labute approximate surface area is 123 Å². The second kappa shape index (κ2) is 7.26. The van der Waals surface area contributed by atoms with E-state index in [2.05, 4.69) is 10.1 Å². The van der Waals surface area contributed by atoms with Crippen molar-refractivity contribution in [1.29, 1.82) is 0 Å². The van der Waals surface area contributed by atoms with Gasteiger partial charge in [0.05, 0.1) is 20.3 Å². The van der Waals surface area contributed by atoms with Crippen LogP contribution in [0.2, 0.25) is 0 Å². The van der Waals surface area contributed by atoms with Crippen LogP contribution in [0.3, 0.4) is 0 Å². The first-order chi connectivity index (χ1) is 9.90. The molecule has 1 aliphatic rings. The Balaban J connectivity index is 2.74. The lowest BCUT2D eigenvalue weighted by molar-refractivity contribution is -0.158. The molecule has 8 nitrogen and oxygen atoms in total. The summed E-state index contributed by atoms with van der Waals surface area (Å²) in [6.45, 7) is 3.94. The summed E-state index contributed by atoms with van der Waals surface area (Å²) in [5.41, 5.74) is -1.30. The number of rotatable bonds is 5.